The highest BCUT2D eigenvalue weighted by molar-refractivity contribution is 7.16. The lowest BCUT2D eigenvalue weighted by Crippen LogP contribution is -2.35. The summed E-state index contributed by atoms with van der Waals surface area (Å²) in [5, 5.41) is 4.90. The number of nitrogens with two attached hydrogens (primary N) is 1. The summed E-state index contributed by atoms with van der Waals surface area (Å²) in [5.74, 6) is 1.74. The van der Waals surface area contributed by atoms with E-state index in [0.29, 0.717) is 22.6 Å². The van der Waals surface area contributed by atoms with Crippen molar-refractivity contribution in [1.29, 1.82) is 0 Å². The summed E-state index contributed by atoms with van der Waals surface area (Å²) in [5.41, 5.74) is 6.42. The van der Waals surface area contributed by atoms with Crippen molar-refractivity contribution in [1.82, 2.24) is 10.1 Å². The van der Waals surface area contributed by atoms with Crippen LogP contribution in [0.3, 0.4) is 0 Å². The molecule has 0 saturated heterocycles. The number of methoxy groups -OCH3 is 1. The average Bonchev–Trinajstić information content (AvgIpc) is 3.05. The van der Waals surface area contributed by atoms with Gasteiger partial charge in [0.05, 0.1) is 10.6 Å². The Labute approximate surface area is 128 Å². The van der Waals surface area contributed by atoms with Crippen molar-refractivity contribution in [2.75, 3.05) is 12.8 Å². The van der Waals surface area contributed by atoms with E-state index in [0.717, 1.165) is 29.7 Å². The van der Waals surface area contributed by atoms with Gasteiger partial charge in [-0.3, -0.25) is 0 Å². The molecule has 2 heterocycles. The number of nitrogen functional groups attached to an aromatic ring is 1. The number of aryl methyl sites for hydroxylation is 1. The molecule has 1 saturated carbocycles. The highest BCUT2D eigenvalue weighted by atomic mass is 32.1. The van der Waals surface area contributed by atoms with Crippen LogP contribution in [0.2, 0.25) is 0 Å². The van der Waals surface area contributed by atoms with E-state index in [9.17, 15) is 0 Å². The SMILES string of the molecule is COC1(c2noc(-c3cc(C)sc3N)n2)CCCC(C)C1. The van der Waals surface area contributed by atoms with Gasteiger partial charge in [-0.1, -0.05) is 18.5 Å². The van der Waals surface area contributed by atoms with Crippen LogP contribution in [0.15, 0.2) is 10.6 Å². The molecule has 1 aliphatic rings. The summed E-state index contributed by atoms with van der Waals surface area (Å²) >= 11 is 1.53. The van der Waals surface area contributed by atoms with Crippen LogP contribution >= 0.6 is 11.3 Å². The van der Waals surface area contributed by atoms with E-state index in [1.807, 2.05) is 13.0 Å². The Morgan fingerprint density at radius 1 is 1.52 bits per heavy atom. The van der Waals surface area contributed by atoms with Crippen LogP contribution in [0, 0.1) is 12.8 Å². The molecule has 21 heavy (non-hydrogen) atoms. The Balaban J connectivity index is 1.95. The molecule has 0 amide bonds. The lowest BCUT2D eigenvalue weighted by molar-refractivity contribution is -0.0658. The first-order valence-electron chi connectivity index (χ1n) is 7.30. The summed E-state index contributed by atoms with van der Waals surface area (Å²) in [6.07, 6.45) is 4.22. The topological polar surface area (TPSA) is 74.2 Å². The van der Waals surface area contributed by atoms with E-state index in [2.05, 4.69) is 17.1 Å². The molecule has 6 heteroatoms. The highest BCUT2D eigenvalue weighted by Crippen LogP contribution is 2.42. The Morgan fingerprint density at radius 3 is 2.95 bits per heavy atom. The maximum absolute atomic E-state index is 6.01. The molecule has 1 fully saturated rings. The van der Waals surface area contributed by atoms with E-state index in [4.69, 9.17) is 15.0 Å². The molecule has 2 unspecified atom stereocenters. The standard InChI is InChI=1S/C15H21N3O2S/c1-9-5-4-6-15(8-9,19-3)14-17-13(20-18-14)11-7-10(2)21-12(11)16/h7,9H,4-6,8,16H2,1-3H3. The maximum Gasteiger partial charge on any atom is 0.261 e. The number of hydrogen-bond donors (Lipinski definition) is 1. The third-order valence-electron chi connectivity index (χ3n) is 4.29. The Morgan fingerprint density at radius 2 is 2.33 bits per heavy atom. The summed E-state index contributed by atoms with van der Waals surface area (Å²) in [6, 6.07) is 1.99. The van der Waals surface area contributed by atoms with E-state index in [-0.39, 0.29) is 0 Å². The first-order chi connectivity index (χ1) is 10.0. The number of anilines is 1. The van der Waals surface area contributed by atoms with Crippen LogP contribution in [0.1, 0.15) is 43.3 Å². The van der Waals surface area contributed by atoms with Gasteiger partial charge in [0.25, 0.3) is 5.89 Å². The van der Waals surface area contributed by atoms with Gasteiger partial charge in [-0.2, -0.15) is 4.98 Å². The second-order valence-electron chi connectivity index (χ2n) is 5.96. The molecular weight excluding hydrogens is 286 g/mol. The van der Waals surface area contributed by atoms with E-state index in [1.54, 1.807) is 7.11 Å². The molecule has 0 aromatic carbocycles. The predicted molar refractivity (Wildman–Crippen MR) is 83.1 cm³/mol. The van der Waals surface area contributed by atoms with Gasteiger partial charge >= 0.3 is 0 Å². The lowest BCUT2D eigenvalue weighted by Gasteiger charge is -2.36. The van der Waals surface area contributed by atoms with Crippen LogP contribution in [0.5, 0.6) is 0 Å². The minimum atomic E-state index is -0.417. The quantitative estimate of drug-likeness (QED) is 0.935. The molecule has 3 rings (SSSR count). The molecule has 0 bridgehead atoms. The lowest BCUT2D eigenvalue weighted by atomic mass is 9.78. The smallest absolute Gasteiger partial charge is 0.261 e. The van der Waals surface area contributed by atoms with Crippen LogP contribution < -0.4 is 5.73 Å². The fourth-order valence-corrected chi connectivity index (χ4v) is 3.98. The monoisotopic (exact) mass is 307 g/mol. The third kappa shape index (κ3) is 2.58. The zero-order chi connectivity index (χ0) is 15.0. The zero-order valence-corrected chi connectivity index (χ0v) is 13.5. The summed E-state index contributed by atoms with van der Waals surface area (Å²) in [4.78, 5) is 5.71. The molecular formula is C15H21N3O2S. The van der Waals surface area contributed by atoms with Crippen molar-refractivity contribution in [2.45, 2.75) is 45.1 Å². The van der Waals surface area contributed by atoms with Crippen molar-refractivity contribution >= 4 is 16.3 Å². The van der Waals surface area contributed by atoms with Gasteiger partial charge in [-0.25, -0.2) is 0 Å². The summed E-state index contributed by atoms with van der Waals surface area (Å²) in [6.45, 7) is 4.26. The average molecular weight is 307 g/mol. The van der Waals surface area contributed by atoms with Crippen LogP contribution in [0.25, 0.3) is 11.5 Å². The van der Waals surface area contributed by atoms with Crippen molar-refractivity contribution in [3.63, 3.8) is 0 Å². The van der Waals surface area contributed by atoms with E-state index >= 15 is 0 Å². The molecule has 2 aromatic heterocycles. The summed E-state index contributed by atoms with van der Waals surface area (Å²) < 4.78 is 11.3. The highest BCUT2D eigenvalue weighted by Gasteiger charge is 2.41. The number of hydrogen-bond acceptors (Lipinski definition) is 6. The van der Waals surface area contributed by atoms with Crippen molar-refractivity contribution in [2.24, 2.45) is 5.92 Å². The van der Waals surface area contributed by atoms with Crippen molar-refractivity contribution < 1.29 is 9.26 Å². The predicted octanol–water partition coefficient (Wildman–Crippen LogP) is 3.74. The van der Waals surface area contributed by atoms with Crippen LogP contribution in [-0.2, 0) is 10.3 Å². The second-order valence-corrected chi connectivity index (χ2v) is 7.25. The molecule has 114 valence electrons. The normalized spacial score (nSPS) is 26.1. The molecule has 2 aromatic rings. The molecule has 2 N–H and O–H groups in total. The third-order valence-corrected chi connectivity index (χ3v) is 5.17. The van der Waals surface area contributed by atoms with E-state index in [1.165, 1.54) is 17.8 Å². The van der Waals surface area contributed by atoms with Gasteiger partial charge in [0, 0.05) is 12.0 Å². The Kier molecular flexibility index (Phi) is 3.75. The number of rotatable bonds is 3. The van der Waals surface area contributed by atoms with Gasteiger partial charge in [-0.05, 0) is 38.2 Å². The van der Waals surface area contributed by atoms with Crippen LogP contribution in [-0.4, -0.2) is 17.3 Å². The number of ether oxygens (including phenoxy) is 1. The van der Waals surface area contributed by atoms with Crippen molar-refractivity contribution in [3.05, 3.63) is 16.8 Å². The molecule has 1 aliphatic carbocycles. The molecule has 2 atom stereocenters. The van der Waals surface area contributed by atoms with E-state index < -0.39 is 5.60 Å². The van der Waals surface area contributed by atoms with Crippen molar-refractivity contribution in [3.8, 4) is 11.5 Å². The Hall–Kier alpha value is -1.40. The zero-order valence-electron chi connectivity index (χ0n) is 12.7. The van der Waals surface area contributed by atoms with Gasteiger partial charge in [0.1, 0.15) is 5.60 Å². The van der Waals surface area contributed by atoms with Gasteiger partial charge in [0.2, 0.25) is 5.82 Å². The fraction of sp³-hybridized carbons (Fsp3) is 0.600. The largest absolute Gasteiger partial charge is 0.390 e. The molecule has 0 aliphatic heterocycles. The Bertz CT molecular complexity index is 637. The number of aromatic nitrogens is 2. The van der Waals surface area contributed by atoms with Crippen LogP contribution in [0.4, 0.5) is 5.00 Å². The maximum atomic E-state index is 6.01. The fourth-order valence-electron chi connectivity index (χ4n) is 3.20. The number of nitrogens with zero attached hydrogens (tertiary/aromatic N) is 2. The van der Waals surface area contributed by atoms with Gasteiger partial charge < -0.3 is 15.0 Å². The van der Waals surface area contributed by atoms with Gasteiger partial charge in [-0.15, -0.1) is 11.3 Å². The minimum Gasteiger partial charge on any atom is -0.390 e. The minimum absolute atomic E-state index is 0.417. The molecule has 5 nitrogen and oxygen atoms in total. The molecule has 0 spiro atoms. The first kappa shape index (κ1) is 14.5. The summed E-state index contributed by atoms with van der Waals surface area (Å²) in [7, 11) is 1.73. The molecule has 0 radical (unpaired) electrons. The van der Waals surface area contributed by atoms with Gasteiger partial charge in [0.15, 0.2) is 0 Å². The first-order valence-corrected chi connectivity index (χ1v) is 8.11. The number of thiophene rings is 1. The second kappa shape index (κ2) is 5.42.